The summed E-state index contributed by atoms with van der Waals surface area (Å²) >= 11 is 0. The predicted molar refractivity (Wildman–Crippen MR) is 133 cm³/mol. The Morgan fingerprint density at radius 2 is 1.73 bits per heavy atom. The van der Waals surface area contributed by atoms with E-state index < -0.39 is 9.84 Å². The molecule has 8 heteroatoms. The Hall–Kier alpha value is -1.65. The third-order valence-corrected chi connectivity index (χ3v) is 5.75. The van der Waals surface area contributed by atoms with E-state index in [0.717, 1.165) is 29.7 Å². The number of hydrogen-bond acceptors (Lipinski definition) is 4. The first-order chi connectivity index (χ1) is 13.8. The second-order valence-electron chi connectivity index (χ2n) is 6.97. The molecule has 0 heterocycles. The molecule has 6 nitrogen and oxygen atoms in total. The van der Waals surface area contributed by atoms with Gasteiger partial charge in [0.2, 0.25) is 0 Å². The lowest BCUT2D eigenvalue weighted by Gasteiger charge is -2.15. The van der Waals surface area contributed by atoms with Gasteiger partial charge >= 0.3 is 0 Å². The molecule has 2 N–H and O–H groups in total. The van der Waals surface area contributed by atoms with Crippen LogP contribution in [0.15, 0.2) is 52.4 Å². The van der Waals surface area contributed by atoms with Gasteiger partial charge in [0, 0.05) is 33.0 Å². The molecular weight excluding hydrogens is 513 g/mol. The molecule has 0 aliphatic carbocycles. The van der Waals surface area contributed by atoms with E-state index in [-0.39, 0.29) is 24.0 Å². The molecule has 30 heavy (non-hydrogen) atoms. The van der Waals surface area contributed by atoms with Gasteiger partial charge in [-0.15, -0.1) is 24.0 Å². The number of hydrogen-bond donors (Lipinski definition) is 2. The monoisotopic (exact) mass is 545 g/mol. The number of nitrogens with zero attached hydrogens (tertiary/aromatic N) is 1. The zero-order chi connectivity index (χ0) is 21.3. The second-order valence-corrected chi connectivity index (χ2v) is 8.96. The fraction of sp³-hybridized carbons (Fsp3) is 0.409. The van der Waals surface area contributed by atoms with Crippen LogP contribution in [0.1, 0.15) is 35.6 Å². The van der Waals surface area contributed by atoms with Crippen LogP contribution in [0.2, 0.25) is 0 Å². The molecular formula is C22H32IN3O3S. The number of guanidine groups is 1. The first-order valence-electron chi connectivity index (χ1n) is 9.73. The Kier molecular flexibility index (Phi) is 11.4. The zero-order valence-corrected chi connectivity index (χ0v) is 21.2. The van der Waals surface area contributed by atoms with Gasteiger partial charge in [-0.3, -0.25) is 4.99 Å². The van der Waals surface area contributed by atoms with E-state index >= 15 is 0 Å². The maximum atomic E-state index is 11.8. The van der Waals surface area contributed by atoms with Crippen molar-refractivity contribution in [2.45, 2.75) is 44.9 Å². The molecule has 0 aromatic heterocycles. The van der Waals surface area contributed by atoms with Crippen molar-refractivity contribution in [1.82, 2.24) is 10.6 Å². The summed E-state index contributed by atoms with van der Waals surface area (Å²) in [6.07, 6.45) is 2.23. The minimum Gasteiger partial charge on any atom is -0.377 e. The summed E-state index contributed by atoms with van der Waals surface area (Å²) in [7, 11) is -1.48. The van der Waals surface area contributed by atoms with Gasteiger partial charge in [0.1, 0.15) is 0 Å². The van der Waals surface area contributed by atoms with Crippen LogP contribution in [0.4, 0.5) is 0 Å². The van der Waals surface area contributed by atoms with Crippen molar-refractivity contribution in [1.29, 1.82) is 0 Å². The zero-order valence-electron chi connectivity index (χ0n) is 18.1. The largest absolute Gasteiger partial charge is 0.377 e. The van der Waals surface area contributed by atoms with Gasteiger partial charge in [-0.05, 0) is 41.7 Å². The highest BCUT2D eigenvalue weighted by Crippen LogP contribution is 2.16. The van der Waals surface area contributed by atoms with Crippen molar-refractivity contribution in [3.63, 3.8) is 0 Å². The summed E-state index contributed by atoms with van der Waals surface area (Å²) in [6, 6.07) is 13.6. The molecule has 2 rings (SSSR count). The molecule has 0 amide bonds. The molecule has 0 spiro atoms. The van der Waals surface area contributed by atoms with E-state index in [1.165, 1.54) is 11.8 Å². The smallest absolute Gasteiger partial charge is 0.191 e. The normalized spacial score (nSPS) is 11.7. The van der Waals surface area contributed by atoms with E-state index in [1.807, 2.05) is 31.2 Å². The highest BCUT2D eigenvalue weighted by molar-refractivity contribution is 14.0. The van der Waals surface area contributed by atoms with Gasteiger partial charge < -0.3 is 15.4 Å². The highest BCUT2D eigenvalue weighted by atomic mass is 127. The van der Waals surface area contributed by atoms with Gasteiger partial charge in [0.15, 0.2) is 15.8 Å². The van der Waals surface area contributed by atoms with Gasteiger partial charge in [0.25, 0.3) is 0 Å². The van der Waals surface area contributed by atoms with E-state index in [1.54, 1.807) is 13.1 Å². The molecule has 0 aliphatic rings. The van der Waals surface area contributed by atoms with Crippen LogP contribution in [0.25, 0.3) is 0 Å². The van der Waals surface area contributed by atoms with Crippen molar-refractivity contribution < 1.29 is 13.2 Å². The van der Waals surface area contributed by atoms with Crippen LogP contribution >= 0.6 is 24.0 Å². The van der Waals surface area contributed by atoms with Crippen molar-refractivity contribution in [3.8, 4) is 0 Å². The van der Waals surface area contributed by atoms with Gasteiger partial charge in [0.05, 0.1) is 11.5 Å². The van der Waals surface area contributed by atoms with Crippen LogP contribution in [-0.2, 0) is 34.3 Å². The quantitative estimate of drug-likeness (QED) is 0.217. The molecule has 2 aromatic rings. The third kappa shape index (κ3) is 8.23. The maximum absolute atomic E-state index is 11.8. The molecule has 166 valence electrons. The maximum Gasteiger partial charge on any atom is 0.191 e. The number of benzene rings is 2. The minimum absolute atomic E-state index is 0. The van der Waals surface area contributed by atoms with Crippen molar-refractivity contribution in [3.05, 3.63) is 64.7 Å². The van der Waals surface area contributed by atoms with Crippen LogP contribution < -0.4 is 10.6 Å². The number of ether oxygens (including phenoxy) is 1. The summed E-state index contributed by atoms with van der Waals surface area (Å²) in [5, 5.41) is 6.60. The molecule has 0 atom stereocenters. The highest BCUT2D eigenvalue weighted by Gasteiger charge is 2.11. The van der Waals surface area contributed by atoms with Crippen LogP contribution in [0.3, 0.4) is 0 Å². The van der Waals surface area contributed by atoms with Crippen LogP contribution in [0.5, 0.6) is 0 Å². The Labute approximate surface area is 197 Å². The van der Waals surface area contributed by atoms with E-state index in [0.29, 0.717) is 30.6 Å². The van der Waals surface area contributed by atoms with Crippen molar-refractivity contribution >= 4 is 39.8 Å². The summed E-state index contributed by atoms with van der Waals surface area (Å²) in [5.41, 5.74) is 4.07. The Morgan fingerprint density at radius 1 is 1.07 bits per heavy atom. The van der Waals surface area contributed by atoms with E-state index in [9.17, 15) is 8.42 Å². The molecule has 0 unspecified atom stereocenters. The number of rotatable bonds is 9. The standard InChI is InChI=1S/C22H31N3O3S.HI/c1-5-12-28-16-20-9-7-6-8-19(20)15-25-22(23-3)24-14-18-10-11-21(17(2)13-18)29(4,26)27;/h6-11,13H,5,12,14-16H2,1-4H3,(H2,23,24,25);1H. The lowest BCUT2D eigenvalue weighted by Crippen LogP contribution is -2.36. The summed E-state index contributed by atoms with van der Waals surface area (Å²) in [6.45, 7) is 6.44. The summed E-state index contributed by atoms with van der Waals surface area (Å²) < 4.78 is 29.2. The second kappa shape index (κ2) is 12.9. The van der Waals surface area contributed by atoms with Crippen LogP contribution in [-0.4, -0.2) is 34.3 Å². The minimum atomic E-state index is -3.20. The molecule has 0 bridgehead atoms. The fourth-order valence-corrected chi connectivity index (χ4v) is 3.98. The number of aryl methyl sites for hydroxylation is 1. The molecule has 2 aromatic carbocycles. The topological polar surface area (TPSA) is 79.8 Å². The van der Waals surface area contributed by atoms with Crippen molar-refractivity contribution in [2.75, 3.05) is 19.9 Å². The average Bonchev–Trinajstić information content (AvgIpc) is 2.68. The number of aliphatic imine (C=N–C) groups is 1. The number of halogens is 1. The molecule has 0 radical (unpaired) electrons. The summed E-state index contributed by atoms with van der Waals surface area (Å²) in [5.74, 6) is 0.680. The molecule has 0 aliphatic heterocycles. The molecule has 0 saturated carbocycles. The third-order valence-electron chi connectivity index (χ3n) is 4.49. The Morgan fingerprint density at radius 3 is 2.33 bits per heavy atom. The van der Waals surface area contributed by atoms with Crippen molar-refractivity contribution in [2.24, 2.45) is 4.99 Å². The Bertz CT molecular complexity index is 946. The van der Waals surface area contributed by atoms with Gasteiger partial charge in [-0.1, -0.05) is 43.3 Å². The first kappa shape index (κ1) is 26.4. The fourth-order valence-electron chi connectivity index (χ4n) is 3.02. The van der Waals surface area contributed by atoms with E-state index in [2.05, 4.69) is 34.7 Å². The number of sulfone groups is 1. The predicted octanol–water partition coefficient (Wildman–Crippen LogP) is 3.81. The van der Waals surface area contributed by atoms with Gasteiger partial charge in [-0.2, -0.15) is 0 Å². The van der Waals surface area contributed by atoms with E-state index in [4.69, 9.17) is 4.74 Å². The summed E-state index contributed by atoms with van der Waals surface area (Å²) in [4.78, 5) is 4.64. The number of nitrogens with one attached hydrogen (secondary N) is 2. The molecule has 0 saturated heterocycles. The average molecular weight is 545 g/mol. The lowest BCUT2D eigenvalue weighted by atomic mass is 10.1. The van der Waals surface area contributed by atoms with Crippen LogP contribution in [0, 0.1) is 6.92 Å². The SMILES string of the molecule is CCCOCc1ccccc1CNC(=NC)NCc1ccc(S(C)(=O)=O)c(C)c1.I. The first-order valence-corrected chi connectivity index (χ1v) is 11.6. The molecule has 0 fully saturated rings. The lowest BCUT2D eigenvalue weighted by molar-refractivity contribution is 0.121. The van der Waals surface area contributed by atoms with Gasteiger partial charge in [-0.25, -0.2) is 8.42 Å². The Balaban J connectivity index is 0.00000450.